The fraction of sp³-hybridized carbons (Fsp3) is 0.125. The number of imidazole rings is 1. The van der Waals surface area contributed by atoms with Gasteiger partial charge in [-0.1, -0.05) is 30.3 Å². The van der Waals surface area contributed by atoms with Crippen molar-refractivity contribution in [2.75, 3.05) is 0 Å². The number of nitrogens with zero attached hydrogens (tertiary/aromatic N) is 4. The number of aromatic nitrogens is 3. The third kappa shape index (κ3) is 2.85. The van der Waals surface area contributed by atoms with Crippen LogP contribution in [0.25, 0.3) is 27.5 Å². The molecule has 6 heteroatoms. The second-order valence-corrected chi connectivity index (χ2v) is 7.21. The molecule has 148 valence electrons. The van der Waals surface area contributed by atoms with Gasteiger partial charge in [0.25, 0.3) is 5.91 Å². The molecule has 30 heavy (non-hydrogen) atoms. The van der Waals surface area contributed by atoms with E-state index in [1.165, 1.54) is 21.8 Å². The topological polar surface area (TPSA) is 63.7 Å². The second kappa shape index (κ2) is 7.15. The van der Waals surface area contributed by atoms with Gasteiger partial charge in [-0.05, 0) is 49.7 Å². The van der Waals surface area contributed by atoms with Crippen molar-refractivity contribution in [1.82, 2.24) is 19.4 Å². The first-order valence-electron chi connectivity index (χ1n) is 9.95. The highest BCUT2D eigenvalue weighted by molar-refractivity contribution is 6.09. The normalized spacial score (nSPS) is 11.8. The Bertz CT molecular complexity index is 1440. The van der Waals surface area contributed by atoms with E-state index in [0.717, 1.165) is 17.8 Å². The molecule has 0 unspecified atom stereocenters. The molecule has 0 radical (unpaired) electrons. The zero-order valence-corrected chi connectivity index (χ0v) is 16.8. The number of carbonyl (C=O) groups excluding carboxylic acids is 1. The SMILES string of the molecule is CCn1c2ccccc2c2cc(/C=N/NC(=O)c3c(C)nc4ccccn34)ccc21. The zero-order chi connectivity index (χ0) is 20.7. The minimum Gasteiger partial charge on any atom is -0.341 e. The van der Waals surface area contributed by atoms with Gasteiger partial charge in [-0.2, -0.15) is 5.10 Å². The molecule has 6 nitrogen and oxygen atoms in total. The molecule has 2 aromatic carbocycles. The highest BCUT2D eigenvalue weighted by Gasteiger charge is 2.15. The van der Waals surface area contributed by atoms with Crippen molar-refractivity contribution in [2.45, 2.75) is 20.4 Å². The second-order valence-electron chi connectivity index (χ2n) is 7.21. The van der Waals surface area contributed by atoms with Crippen molar-refractivity contribution in [2.24, 2.45) is 5.10 Å². The molecule has 5 aromatic rings. The van der Waals surface area contributed by atoms with E-state index in [9.17, 15) is 4.79 Å². The van der Waals surface area contributed by atoms with Gasteiger partial charge in [0.1, 0.15) is 11.3 Å². The number of amides is 1. The number of nitrogens with one attached hydrogen (secondary N) is 1. The van der Waals surface area contributed by atoms with E-state index < -0.39 is 0 Å². The fourth-order valence-electron chi connectivity index (χ4n) is 4.10. The number of fused-ring (bicyclic) bond motifs is 4. The minimum absolute atomic E-state index is 0.286. The van der Waals surface area contributed by atoms with Crippen molar-refractivity contribution < 1.29 is 4.79 Å². The summed E-state index contributed by atoms with van der Waals surface area (Å²) in [6.45, 7) is 4.88. The maximum Gasteiger partial charge on any atom is 0.290 e. The number of para-hydroxylation sites is 1. The smallest absolute Gasteiger partial charge is 0.290 e. The molecule has 0 aliphatic rings. The molecule has 3 aromatic heterocycles. The maximum atomic E-state index is 12.7. The first-order valence-corrected chi connectivity index (χ1v) is 9.95. The van der Waals surface area contributed by atoms with Gasteiger partial charge in [0.15, 0.2) is 0 Å². The first-order chi connectivity index (χ1) is 14.7. The van der Waals surface area contributed by atoms with Gasteiger partial charge in [0, 0.05) is 34.5 Å². The summed E-state index contributed by atoms with van der Waals surface area (Å²) >= 11 is 0. The molecule has 0 bridgehead atoms. The van der Waals surface area contributed by atoms with Gasteiger partial charge in [0.2, 0.25) is 0 Å². The molecule has 0 saturated heterocycles. The number of hydrogen-bond acceptors (Lipinski definition) is 3. The Morgan fingerprint density at radius 1 is 1.07 bits per heavy atom. The van der Waals surface area contributed by atoms with Crippen LogP contribution in [0.2, 0.25) is 0 Å². The van der Waals surface area contributed by atoms with Gasteiger partial charge in [0.05, 0.1) is 11.9 Å². The first kappa shape index (κ1) is 18.1. The zero-order valence-electron chi connectivity index (χ0n) is 16.8. The summed E-state index contributed by atoms with van der Waals surface area (Å²) < 4.78 is 4.08. The van der Waals surface area contributed by atoms with Gasteiger partial charge >= 0.3 is 0 Å². The molecule has 0 atom stereocenters. The molecule has 0 fully saturated rings. The lowest BCUT2D eigenvalue weighted by Gasteiger charge is -2.03. The summed E-state index contributed by atoms with van der Waals surface area (Å²) in [5, 5.41) is 6.59. The summed E-state index contributed by atoms with van der Waals surface area (Å²) in [6, 6.07) is 20.3. The molecular formula is C24H21N5O. The van der Waals surface area contributed by atoms with Gasteiger partial charge in [-0.3, -0.25) is 9.20 Å². The van der Waals surface area contributed by atoms with Crippen molar-refractivity contribution in [3.8, 4) is 0 Å². The predicted molar refractivity (Wildman–Crippen MR) is 120 cm³/mol. The summed E-state index contributed by atoms with van der Waals surface area (Å²) in [5.74, 6) is -0.286. The van der Waals surface area contributed by atoms with E-state index in [1.807, 2.05) is 37.4 Å². The molecule has 5 rings (SSSR count). The number of benzene rings is 2. The number of aryl methyl sites for hydroxylation is 2. The molecule has 0 spiro atoms. The molecule has 0 saturated carbocycles. The standard InChI is InChI=1S/C24H21N5O/c1-3-28-20-9-5-4-8-18(20)19-14-17(11-12-21(19)28)15-25-27-24(30)23-16(2)26-22-10-6-7-13-29(22)23/h4-15H,3H2,1-2H3,(H,27,30)/b25-15+. The summed E-state index contributed by atoms with van der Waals surface area (Å²) in [7, 11) is 0. The number of rotatable bonds is 4. The van der Waals surface area contributed by atoms with Gasteiger partial charge < -0.3 is 4.57 Å². The van der Waals surface area contributed by atoms with E-state index in [2.05, 4.69) is 63.4 Å². The van der Waals surface area contributed by atoms with Crippen molar-refractivity contribution >= 4 is 39.6 Å². The number of hydrazone groups is 1. The predicted octanol–water partition coefficient (Wildman–Crippen LogP) is 4.53. The van der Waals surface area contributed by atoms with E-state index in [0.29, 0.717) is 11.4 Å². The fourth-order valence-corrected chi connectivity index (χ4v) is 4.10. The minimum atomic E-state index is -0.286. The van der Waals surface area contributed by atoms with Crippen LogP contribution in [-0.4, -0.2) is 26.1 Å². The summed E-state index contributed by atoms with van der Waals surface area (Å²) in [6.07, 6.45) is 3.50. The molecule has 0 aliphatic heterocycles. The molecule has 1 amide bonds. The number of hydrogen-bond donors (Lipinski definition) is 1. The van der Waals surface area contributed by atoms with E-state index in [-0.39, 0.29) is 5.91 Å². The van der Waals surface area contributed by atoms with E-state index in [4.69, 9.17) is 0 Å². The van der Waals surface area contributed by atoms with Crippen LogP contribution < -0.4 is 5.43 Å². The van der Waals surface area contributed by atoms with Gasteiger partial charge in [-0.25, -0.2) is 10.4 Å². The molecule has 3 heterocycles. The Morgan fingerprint density at radius 2 is 1.87 bits per heavy atom. The summed E-state index contributed by atoms with van der Waals surface area (Å²) in [4.78, 5) is 17.1. The largest absolute Gasteiger partial charge is 0.341 e. The maximum absolute atomic E-state index is 12.7. The van der Waals surface area contributed by atoms with Crippen molar-refractivity contribution in [1.29, 1.82) is 0 Å². The highest BCUT2D eigenvalue weighted by Crippen LogP contribution is 2.29. The molecular weight excluding hydrogens is 374 g/mol. The highest BCUT2D eigenvalue weighted by atomic mass is 16.2. The van der Waals surface area contributed by atoms with E-state index in [1.54, 1.807) is 10.6 Å². The Labute approximate surface area is 173 Å². The molecule has 1 N–H and O–H groups in total. The summed E-state index contributed by atoms with van der Waals surface area (Å²) in [5.41, 5.74) is 7.88. The van der Waals surface area contributed by atoms with Crippen LogP contribution in [0, 0.1) is 6.92 Å². The monoisotopic (exact) mass is 395 g/mol. The average Bonchev–Trinajstić information content (AvgIpc) is 3.27. The average molecular weight is 395 g/mol. The van der Waals surface area contributed by atoms with Crippen LogP contribution in [0.1, 0.15) is 28.7 Å². The Morgan fingerprint density at radius 3 is 2.73 bits per heavy atom. The molecule has 0 aliphatic carbocycles. The van der Waals surface area contributed by atoms with Gasteiger partial charge in [-0.15, -0.1) is 0 Å². The van der Waals surface area contributed by atoms with Crippen LogP contribution in [0.3, 0.4) is 0 Å². The van der Waals surface area contributed by atoms with Crippen LogP contribution in [0.15, 0.2) is 72.0 Å². The van der Waals surface area contributed by atoms with Crippen molar-refractivity contribution in [3.63, 3.8) is 0 Å². The van der Waals surface area contributed by atoms with Crippen LogP contribution in [0.4, 0.5) is 0 Å². The lowest BCUT2D eigenvalue weighted by Crippen LogP contribution is -2.20. The van der Waals surface area contributed by atoms with E-state index >= 15 is 0 Å². The Balaban J connectivity index is 1.45. The Hall–Kier alpha value is -3.93. The van der Waals surface area contributed by atoms with Crippen molar-refractivity contribution in [3.05, 3.63) is 83.8 Å². The third-order valence-electron chi connectivity index (χ3n) is 5.41. The quantitative estimate of drug-likeness (QED) is 0.359. The Kier molecular flexibility index (Phi) is 4.32. The lowest BCUT2D eigenvalue weighted by atomic mass is 10.1. The number of carbonyl (C=O) groups is 1. The third-order valence-corrected chi connectivity index (χ3v) is 5.41. The lowest BCUT2D eigenvalue weighted by molar-refractivity contribution is 0.0948. The number of pyridine rings is 1. The van der Waals surface area contributed by atoms with Crippen LogP contribution in [0.5, 0.6) is 0 Å². The van der Waals surface area contributed by atoms with Crippen LogP contribution >= 0.6 is 0 Å². The van der Waals surface area contributed by atoms with Crippen LogP contribution in [-0.2, 0) is 6.54 Å².